The maximum Gasteiger partial charge on any atom is 0.309 e. The molecule has 0 bridgehead atoms. The fourth-order valence-corrected chi connectivity index (χ4v) is 3.47. The van der Waals surface area contributed by atoms with Crippen LogP contribution in [-0.2, 0) is 11.2 Å². The lowest BCUT2D eigenvalue weighted by Gasteiger charge is -2.38. The third kappa shape index (κ3) is 2.41. The summed E-state index contributed by atoms with van der Waals surface area (Å²) in [5.41, 5.74) is 0.643. The minimum atomic E-state index is -0.639. The van der Waals surface area contributed by atoms with Crippen LogP contribution >= 0.6 is 0 Å². The minimum absolute atomic E-state index is 0.131. The molecule has 0 radical (unpaired) electrons. The van der Waals surface area contributed by atoms with Crippen molar-refractivity contribution in [2.75, 3.05) is 0 Å². The van der Waals surface area contributed by atoms with Gasteiger partial charge >= 0.3 is 5.97 Å². The molecule has 1 aliphatic rings. The van der Waals surface area contributed by atoms with Gasteiger partial charge in [-0.2, -0.15) is 0 Å². The number of hydrogen-bond acceptors (Lipinski definition) is 1. The molecule has 2 heteroatoms. The van der Waals surface area contributed by atoms with Gasteiger partial charge in [-0.1, -0.05) is 44.2 Å². The first-order chi connectivity index (χ1) is 8.88. The van der Waals surface area contributed by atoms with Crippen molar-refractivity contribution in [3.8, 4) is 0 Å². The van der Waals surface area contributed by atoms with E-state index in [2.05, 4.69) is 38.1 Å². The standard InChI is InChI=1S/C17H24O2/c1-16(2)14(11-12-17(16,3)15(18)19)10-9-13-7-5-4-6-8-13/h4-8,14H,9-12H2,1-3H3,(H,18,19)/t14-,17+/m0/s1. The summed E-state index contributed by atoms with van der Waals surface area (Å²) in [4.78, 5) is 11.6. The van der Waals surface area contributed by atoms with Crippen molar-refractivity contribution in [3.05, 3.63) is 35.9 Å². The summed E-state index contributed by atoms with van der Waals surface area (Å²) in [6.07, 6.45) is 3.96. The molecule has 1 aromatic carbocycles. The van der Waals surface area contributed by atoms with Crippen LogP contribution in [0.15, 0.2) is 30.3 Å². The monoisotopic (exact) mass is 260 g/mol. The van der Waals surface area contributed by atoms with E-state index in [4.69, 9.17) is 0 Å². The second-order valence-corrected chi connectivity index (χ2v) is 6.62. The van der Waals surface area contributed by atoms with Crippen LogP contribution < -0.4 is 0 Å². The summed E-state index contributed by atoms with van der Waals surface area (Å²) >= 11 is 0. The number of carboxylic acids is 1. The molecular weight excluding hydrogens is 236 g/mol. The van der Waals surface area contributed by atoms with E-state index < -0.39 is 11.4 Å². The van der Waals surface area contributed by atoms with Crippen LogP contribution in [0, 0.1) is 16.7 Å². The molecule has 0 aromatic heterocycles. The lowest BCUT2D eigenvalue weighted by atomic mass is 9.65. The minimum Gasteiger partial charge on any atom is -0.481 e. The van der Waals surface area contributed by atoms with Crippen LogP contribution in [0.2, 0.25) is 0 Å². The fourth-order valence-electron chi connectivity index (χ4n) is 3.47. The average molecular weight is 260 g/mol. The molecule has 2 nitrogen and oxygen atoms in total. The largest absolute Gasteiger partial charge is 0.481 e. The van der Waals surface area contributed by atoms with Crippen LogP contribution in [0.3, 0.4) is 0 Å². The summed E-state index contributed by atoms with van der Waals surface area (Å²) < 4.78 is 0. The van der Waals surface area contributed by atoms with Crippen molar-refractivity contribution in [3.63, 3.8) is 0 Å². The van der Waals surface area contributed by atoms with E-state index in [-0.39, 0.29) is 5.41 Å². The predicted octanol–water partition coefficient (Wildman–Crippen LogP) is 4.15. The summed E-state index contributed by atoms with van der Waals surface area (Å²) in [6, 6.07) is 10.5. The van der Waals surface area contributed by atoms with Gasteiger partial charge in [0.1, 0.15) is 0 Å². The molecule has 19 heavy (non-hydrogen) atoms. The van der Waals surface area contributed by atoms with Gasteiger partial charge in [0.05, 0.1) is 5.41 Å². The molecule has 0 amide bonds. The van der Waals surface area contributed by atoms with Gasteiger partial charge in [-0.05, 0) is 49.5 Å². The number of carbonyl (C=O) groups is 1. The molecule has 104 valence electrons. The summed E-state index contributed by atoms with van der Waals surface area (Å²) in [6.45, 7) is 6.17. The van der Waals surface area contributed by atoms with Crippen molar-refractivity contribution in [2.24, 2.45) is 16.7 Å². The van der Waals surface area contributed by atoms with Crippen molar-refractivity contribution in [1.82, 2.24) is 0 Å². The zero-order valence-electron chi connectivity index (χ0n) is 12.1. The number of carboxylic acid groups (broad SMARTS) is 1. The molecule has 0 saturated heterocycles. The Hall–Kier alpha value is -1.31. The summed E-state index contributed by atoms with van der Waals surface area (Å²) in [7, 11) is 0. The van der Waals surface area contributed by atoms with E-state index in [1.165, 1.54) is 5.56 Å². The first kappa shape index (κ1) is 14.1. The predicted molar refractivity (Wildman–Crippen MR) is 77.0 cm³/mol. The van der Waals surface area contributed by atoms with Crippen LogP contribution in [0.25, 0.3) is 0 Å². The highest BCUT2D eigenvalue weighted by atomic mass is 16.4. The van der Waals surface area contributed by atoms with Gasteiger partial charge in [-0.15, -0.1) is 0 Å². The first-order valence-electron chi connectivity index (χ1n) is 7.15. The van der Waals surface area contributed by atoms with Crippen LogP contribution in [0.1, 0.15) is 45.6 Å². The third-order valence-electron chi connectivity index (χ3n) is 5.53. The van der Waals surface area contributed by atoms with Crippen molar-refractivity contribution >= 4 is 5.97 Å². The van der Waals surface area contributed by atoms with Gasteiger partial charge in [-0.25, -0.2) is 0 Å². The average Bonchev–Trinajstić information content (AvgIpc) is 2.61. The Morgan fingerprint density at radius 1 is 1.26 bits per heavy atom. The van der Waals surface area contributed by atoms with Gasteiger partial charge < -0.3 is 5.11 Å². The van der Waals surface area contributed by atoms with Crippen LogP contribution in [-0.4, -0.2) is 11.1 Å². The molecule has 0 heterocycles. The number of benzene rings is 1. The van der Waals surface area contributed by atoms with Gasteiger partial charge in [0.2, 0.25) is 0 Å². The smallest absolute Gasteiger partial charge is 0.309 e. The Balaban J connectivity index is 2.05. The fraction of sp³-hybridized carbons (Fsp3) is 0.588. The highest BCUT2D eigenvalue weighted by molar-refractivity contribution is 5.75. The third-order valence-corrected chi connectivity index (χ3v) is 5.53. The topological polar surface area (TPSA) is 37.3 Å². The van der Waals surface area contributed by atoms with E-state index in [1.807, 2.05) is 13.0 Å². The number of rotatable bonds is 4. The summed E-state index contributed by atoms with van der Waals surface area (Å²) in [5.74, 6) is -0.145. The molecule has 0 spiro atoms. The van der Waals surface area contributed by atoms with E-state index in [0.717, 1.165) is 25.7 Å². The second kappa shape index (κ2) is 4.99. The lowest BCUT2D eigenvalue weighted by molar-refractivity contribution is -0.154. The Morgan fingerprint density at radius 2 is 1.89 bits per heavy atom. The molecule has 1 fully saturated rings. The van der Waals surface area contributed by atoms with Crippen molar-refractivity contribution in [2.45, 2.75) is 46.5 Å². The van der Waals surface area contributed by atoms with E-state index >= 15 is 0 Å². The molecule has 1 saturated carbocycles. The zero-order valence-corrected chi connectivity index (χ0v) is 12.1. The Bertz CT molecular complexity index is 450. The molecule has 2 atom stereocenters. The first-order valence-corrected chi connectivity index (χ1v) is 7.15. The zero-order chi connectivity index (χ0) is 14.1. The number of aryl methyl sites for hydroxylation is 1. The van der Waals surface area contributed by atoms with Crippen LogP contribution in [0.4, 0.5) is 0 Å². The Morgan fingerprint density at radius 3 is 2.42 bits per heavy atom. The molecule has 2 rings (SSSR count). The maximum absolute atomic E-state index is 11.6. The highest BCUT2D eigenvalue weighted by Crippen LogP contribution is 2.57. The lowest BCUT2D eigenvalue weighted by Crippen LogP contribution is -2.40. The second-order valence-electron chi connectivity index (χ2n) is 6.62. The Kier molecular flexibility index (Phi) is 3.71. The van der Waals surface area contributed by atoms with E-state index in [9.17, 15) is 9.90 Å². The molecule has 0 unspecified atom stereocenters. The van der Waals surface area contributed by atoms with Gasteiger partial charge in [0, 0.05) is 0 Å². The highest BCUT2D eigenvalue weighted by Gasteiger charge is 2.55. The van der Waals surface area contributed by atoms with Crippen molar-refractivity contribution in [1.29, 1.82) is 0 Å². The maximum atomic E-state index is 11.6. The van der Waals surface area contributed by atoms with Crippen LogP contribution in [0.5, 0.6) is 0 Å². The van der Waals surface area contributed by atoms with Crippen molar-refractivity contribution < 1.29 is 9.90 Å². The number of hydrogen-bond donors (Lipinski definition) is 1. The number of aliphatic carboxylic acids is 1. The molecule has 1 aliphatic carbocycles. The quantitative estimate of drug-likeness (QED) is 0.883. The Labute approximate surface area is 115 Å². The van der Waals surface area contributed by atoms with Gasteiger partial charge in [0.15, 0.2) is 0 Å². The molecule has 0 aliphatic heterocycles. The van der Waals surface area contributed by atoms with Gasteiger partial charge in [0.25, 0.3) is 0 Å². The molecule has 1 N–H and O–H groups in total. The summed E-state index contributed by atoms with van der Waals surface area (Å²) in [5, 5.41) is 9.51. The molecular formula is C17H24O2. The SMILES string of the molecule is CC1(C)[C@@H](CCc2ccccc2)CC[C@]1(C)C(=O)O. The van der Waals surface area contributed by atoms with E-state index in [0.29, 0.717) is 5.92 Å². The van der Waals surface area contributed by atoms with E-state index in [1.54, 1.807) is 0 Å². The normalized spacial score (nSPS) is 29.3. The van der Waals surface area contributed by atoms with Gasteiger partial charge in [-0.3, -0.25) is 4.79 Å². The molecule has 1 aromatic rings.